The van der Waals surface area contributed by atoms with Crippen molar-refractivity contribution in [3.8, 4) is 0 Å². The molecular formula is C15H21NO4. The van der Waals surface area contributed by atoms with Gasteiger partial charge in [-0.1, -0.05) is 37.3 Å². The van der Waals surface area contributed by atoms with Gasteiger partial charge in [0.2, 0.25) is 0 Å². The maximum Gasteiger partial charge on any atom is 0.411 e. The van der Waals surface area contributed by atoms with Crippen LogP contribution in [0.1, 0.15) is 32.8 Å². The van der Waals surface area contributed by atoms with Gasteiger partial charge in [-0.05, 0) is 25.8 Å². The van der Waals surface area contributed by atoms with E-state index in [2.05, 4.69) is 0 Å². The topological polar surface area (TPSA) is 66.8 Å². The number of carbonyl (C=O) groups is 2. The van der Waals surface area contributed by atoms with Crippen LogP contribution in [0, 0.1) is 0 Å². The zero-order valence-electron chi connectivity index (χ0n) is 12.1. The van der Waals surface area contributed by atoms with Crippen LogP contribution >= 0.6 is 0 Å². The lowest BCUT2D eigenvalue weighted by Crippen LogP contribution is -2.54. The number of aliphatic carboxylic acids is 1. The summed E-state index contributed by atoms with van der Waals surface area (Å²) in [6.45, 7) is 5.42. The monoisotopic (exact) mass is 279 g/mol. The first-order chi connectivity index (χ1) is 9.45. The molecule has 1 aromatic rings. The Morgan fingerprint density at radius 1 is 1.25 bits per heavy atom. The second-order valence-corrected chi connectivity index (χ2v) is 4.72. The van der Waals surface area contributed by atoms with Crippen molar-refractivity contribution in [3.05, 3.63) is 35.9 Å². The summed E-state index contributed by atoms with van der Waals surface area (Å²) < 4.78 is 5.20. The third-order valence-electron chi connectivity index (χ3n) is 3.49. The van der Waals surface area contributed by atoms with Crippen LogP contribution in [0.2, 0.25) is 0 Å². The quantitative estimate of drug-likeness (QED) is 0.869. The third-order valence-corrected chi connectivity index (χ3v) is 3.49. The van der Waals surface area contributed by atoms with Gasteiger partial charge in [-0.25, -0.2) is 9.59 Å². The Morgan fingerprint density at radius 3 is 2.30 bits per heavy atom. The van der Waals surface area contributed by atoms with Crippen molar-refractivity contribution in [3.63, 3.8) is 0 Å². The Labute approximate surface area is 119 Å². The molecule has 0 fully saturated rings. The number of carbonyl (C=O) groups excluding carboxylic acids is 1. The van der Waals surface area contributed by atoms with Crippen molar-refractivity contribution in [2.45, 2.75) is 39.3 Å². The molecule has 1 amide bonds. The zero-order valence-corrected chi connectivity index (χ0v) is 12.1. The molecule has 0 aliphatic rings. The summed E-state index contributed by atoms with van der Waals surface area (Å²) in [6.07, 6.45) is -0.292. The fourth-order valence-electron chi connectivity index (χ4n) is 1.93. The highest BCUT2D eigenvalue weighted by Gasteiger charge is 2.40. The fraction of sp³-hybridized carbons (Fsp3) is 0.467. The van der Waals surface area contributed by atoms with Gasteiger partial charge in [0.25, 0.3) is 0 Å². The van der Waals surface area contributed by atoms with Gasteiger partial charge in [0, 0.05) is 6.54 Å². The number of likely N-dealkylation sites (N-methyl/N-ethyl adjacent to an activating group) is 1. The van der Waals surface area contributed by atoms with E-state index in [0.29, 0.717) is 6.42 Å². The molecule has 0 spiro atoms. The summed E-state index contributed by atoms with van der Waals surface area (Å²) in [4.78, 5) is 24.7. The van der Waals surface area contributed by atoms with Crippen molar-refractivity contribution in [1.29, 1.82) is 0 Å². The van der Waals surface area contributed by atoms with E-state index >= 15 is 0 Å². The molecule has 20 heavy (non-hydrogen) atoms. The van der Waals surface area contributed by atoms with Crippen molar-refractivity contribution in [2.24, 2.45) is 0 Å². The summed E-state index contributed by atoms with van der Waals surface area (Å²) in [5, 5.41) is 9.32. The van der Waals surface area contributed by atoms with Gasteiger partial charge < -0.3 is 9.84 Å². The molecule has 1 unspecified atom stereocenters. The minimum atomic E-state index is -1.25. The third kappa shape index (κ3) is 3.50. The van der Waals surface area contributed by atoms with Crippen LogP contribution in [0.4, 0.5) is 4.79 Å². The second kappa shape index (κ2) is 6.93. The first-order valence-electron chi connectivity index (χ1n) is 6.67. The summed E-state index contributed by atoms with van der Waals surface area (Å²) in [7, 11) is 0. The molecule has 0 saturated carbocycles. The summed E-state index contributed by atoms with van der Waals surface area (Å²) in [5.41, 5.74) is -0.381. The van der Waals surface area contributed by atoms with Gasteiger partial charge in [0.05, 0.1) is 0 Å². The molecule has 0 aromatic heterocycles. The molecule has 0 aliphatic heterocycles. The molecule has 0 heterocycles. The van der Waals surface area contributed by atoms with Gasteiger partial charge in [-0.3, -0.25) is 4.90 Å². The molecular weight excluding hydrogens is 258 g/mol. The van der Waals surface area contributed by atoms with Crippen molar-refractivity contribution < 1.29 is 19.4 Å². The number of hydrogen-bond donors (Lipinski definition) is 1. The Balaban J connectivity index is 2.75. The molecule has 1 atom stereocenters. The van der Waals surface area contributed by atoms with Crippen molar-refractivity contribution in [1.82, 2.24) is 4.90 Å². The van der Waals surface area contributed by atoms with E-state index in [1.54, 1.807) is 13.8 Å². The van der Waals surface area contributed by atoms with Crippen LogP contribution in [-0.4, -0.2) is 34.2 Å². The van der Waals surface area contributed by atoms with E-state index in [4.69, 9.17) is 4.74 Å². The summed E-state index contributed by atoms with van der Waals surface area (Å²) in [6, 6.07) is 9.28. The van der Waals surface area contributed by atoms with Crippen LogP contribution in [0.5, 0.6) is 0 Å². The predicted octanol–water partition coefficient (Wildman–Crippen LogP) is 2.90. The Kier molecular flexibility index (Phi) is 5.55. The molecule has 5 nitrogen and oxygen atoms in total. The smallest absolute Gasteiger partial charge is 0.411 e. The predicted molar refractivity (Wildman–Crippen MR) is 75.3 cm³/mol. The average Bonchev–Trinajstić information content (AvgIpc) is 2.46. The number of benzene rings is 1. The summed E-state index contributed by atoms with van der Waals surface area (Å²) in [5.74, 6) is -1.03. The van der Waals surface area contributed by atoms with Crippen LogP contribution in [0.3, 0.4) is 0 Å². The Morgan fingerprint density at radius 2 is 1.85 bits per heavy atom. The maximum absolute atomic E-state index is 12.1. The normalized spacial score (nSPS) is 13.3. The molecule has 5 heteroatoms. The lowest BCUT2D eigenvalue weighted by atomic mass is 9.97. The van der Waals surface area contributed by atoms with Gasteiger partial charge in [0.15, 0.2) is 0 Å². The standard InChI is InChI=1S/C15H21NO4/c1-4-15(3,13(17)18)16(5-2)14(19)20-11-12-9-7-6-8-10-12/h6-10H,4-5,11H2,1-3H3,(H,17,18). The number of carboxylic acids is 1. The largest absolute Gasteiger partial charge is 0.480 e. The average molecular weight is 279 g/mol. The lowest BCUT2D eigenvalue weighted by molar-refractivity contribution is -0.149. The number of ether oxygens (including phenoxy) is 1. The van der Waals surface area contributed by atoms with E-state index in [1.165, 1.54) is 11.8 Å². The minimum Gasteiger partial charge on any atom is -0.480 e. The molecule has 0 saturated heterocycles. The van der Waals surface area contributed by atoms with E-state index in [0.717, 1.165) is 5.56 Å². The first kappa shape index (κ1) is 16.0. The number of amides is 1. The van der Waals surface area contributed by atoms with Gasteiger partial charge >= 0.3 is 12.1 Å². The van der Waals surface area contributed by atoms with Crippen molar-refractivity contribution >= 4 is 12.1 Å². The van der Waals surface area contributed by atoms with Crippen LogP contribution in [-0.2, 0) is 16.1 Å². The Hall–Kier alpha value is -2.04. The maximum atomic E-state index is 12.1. The number of carboxylic acid groups (broad SMARTS) is 1. The van der Waals surface area contributed by atoms with E-state index < -0.39 is 17.6 Å². The van der Waals surface area contributed by atoms with E-state index in [1.807, 2.05) is 30.3 Å². The van der Waals surface area contributed by atoms with Crippen LogP contribution < -0.4 is 0 Å². The number of rotatable bonds is 6. The molecule has 0 aliphatic carbocycles. The number of nitrogens with zero attached hydrogens (tertiary/aromatic N) is 1. The highest BCUT2D eigenvalue weighted by Crippen LogP contribution is 2.21. The Bertz CT molecular complexity index is 460. The molecule has 110 valence electrons. The second-order valence-electron chi connectivity index (χ2n) is 4.72. The van der Waals surface area contributed by atoms with Crippen LogP contribution in [0.15, 0.2) is 30.3 Å². The van der Waals surface area contributed by atoms with E-state index in [-0.39, 0.29) is 13.2 Å². The van der Waals surface area contributed by atoms with Gasteiger partial charge in [-0.2, -0.15) is 0 Å². The van der Waals surface area contributed by atoms with E-state index in [9.17, 15) is 14.7 Å². The molecule has 1 aromatic carbocycles. The summed E-state index contributed by atoms with van der Waals surface area (Å²) >= 11 is 0. The molecule has 1 N–H and O–H groups in total. The van der Waals surface area contributed by atoms with Crippen LogP contribution in [0.25, 0.3) is 0 Å². The highest BCUT2D eigenvalue weighted by molar-refractivity contribution is 5.83. The van der Waals surface area contributed by atoms with Crippen molar-refractivity contribution in [2.75, 3.05) is 6.54 Å². The number of hydrogen-bond acceptors (Lipinski definition) is 3. The molecule has 0 bridgehead atoms. The fourth-order valence-corrected chi connectivity index (χ4v) is 1.93. The van der Waals surface area contributed by atoms with Gasteiger partial charge in [-0.15, -0.1) is 0 Å². The minimum absolute atomic E-state index is 0.135. The molecule has 0 radical (unpaired) electrons. The SMILES string of the molecule is CCN(C(=O)OCc1ccccc1)C(C)(CC)C(=O)O. The molecule has 1 rings (SSSR count). The van der Waals surface area contributed by atoms with Gasteiger partial charge in [0.1, 0.15) is 12.1 Å². The first-order valence-corrected chi connectivity index (χ1v) is 6.67. The zero-order chi connectivity index (χ0) is 15.2. The lowest BCUT2D eigenvalue weighted by Gasteiger charge is -2.35. The highest BCUT2D eigenvalue weighted by atomic mass is 16.6.